The van der Waals surface area contributed by atoms with Crippen molar-refractivity contribution in [3.05, 3.63) is 29.8 Å². The normalized spacial score (nSPS) is 27.7. The summed E-state index contributed by atoms with van der Waals surface area (Å²) in [5, 5.41) is 10.3. The minimum absolute atomic E-state index is 0.256. The minimum Gasteiger partial charge on any atom is -0.390 e. The number of anilines is 1. The molecule has 1 aromatic carbocycles. The SMILES string of the molecule is OC1CCCOC12CCN(Cc1ccc(N3CCCC3)cc1)CC2. The van der Waals surface area contributed by atoms with Crippen LogP contribution in [-0.4, -0.2) is 54.5 Å². The molecule has 3 saturated heterocycles. The summed E-state index contributed by atoms with van der Waals surface area (Å²) < 4.78 is 6.01. The molecule has 1 N–H and O–H groups in total. The Balaban J connectivity index is 1.32. The zero-order valence-corrected chi connectivity index (χ0v) is 14.6. The number of nitrogens with zero attached hydrogens (tertiary/aromatic N) is 2. The summed E-state index contributed by atoms with van der Waals surface area (Å²) in [4.78, 5) is 4.98. The van der Waals surface area contributed by atoms with E-state index in [0.29, 0.717) is 0 Å². The molecule has 4 nitrogen and oxygen atoms in total. The summed E-state index contributed by atoms with van der Waals surface area (Å²) >= 11 is 0. The van der Waals surface area contributed by atoms with Gasteiger partial charge in [0.15, 0.2) is 0 Å². The van der Waals surface area contributed by atoms with Crippen LogP contribution in [0.5, 0.6) is 0 Å². The van der Waals surface area contributed by atoms with Crippen LogP contribution in [0, 0.1) is 0 Å². The number of benzene rings is 1. The number of ether oxygens (including phenoxy) is 1. The molecule has 3 aliphatic heterocycles. The third-order valence-corrected chi connectivity index (χ3v) is 6.13. The van der Waals surface area contributed by atoms with Gasteiger partial charge in [-0.1, -0.05) is 12.1 Å². The molecule has 1 spiro atoms. The first kappa shape index (κ1) is 16.4. The maximum atomic E-state index is 10.3. The van der Waals surface area contributed by atoms with Crippen molar-refractivity contribution < 1.29 is 9.84 Å². The Morgan fingerprint density at radius 3 is 2.38 bits per heavy atom. The first-order valence-electron chi connectivity index (χ1n) is 9.63. The molecule has 1 atom stereocenters. The lowest BCUT2D eigenvalue weighted by Crippen LogP contribution is -2.55. The first-order chi connectivity index (χ1) is 11.8. The molecule has 0 aromatic heterocycles. The highest BCUT2D eigenvalue weighted by molar-refractivity contribution is 5.48. The molecule has 0 amide bonds. The molecule has 4 heteroatoms. The fraction of sp³-hybridized carbons (Fsp3) is 0.700. The molecule has 1 unspecified atom stereocenters. The summed E-state index contributed by atoms with van der Waals surface area (Å²) in [5.41, 5.74) is 2.50. The predicted octanol–water partition coefficient (Wildman–Crippen LogP) is 2.79. The zero-order valence-electron chi connectivity index (χ0n) is 14.6. The van der Waals surface area contributed by atoms with Crippen LogP contribution >= 0.6 is 0 Å². The summed E-state index contributed by atoms with van der Waals surface area (Å²) in [7, 11) is 0. The molecule has 24 heavy (non-hydrogen) atoms. The van der Waals surface area contributed by atoms with E-state index in [1.165, 1.54) is 37.2 Å². The molecule has 132 valence electrons. The van der Waals surface area contributed by atoms with Crippen molar-refractivity contribution in [2.75, 3.05) is 37.7 Å². The topological polar surface area (TPSA) is 35.9 Å². The van der Waals surface area contributed by atoms with Crippen LogP contribution in [0.4, 0.5) is 5.69 Å². The van der Waals surface area contributed by atoms with Gasteiger partial charge in [-0.15, -0.1) is 0 Å². The van der Waals surface area contributed by atoms with Crippen LogP contribution in [0.15, 0.2) is 24.3 Å². The number of likely N-dealkylation sites (tertiary alicyclic amines) is 1. The molecule has 3 aliphatic rings. The van der Waals surface area contributed by atoms with Crippen LogP contribution in [0.25, 0.3) is 0 Å². The van der Waals surface area contributed by atoms with Crippen LogP contribution in [0.1, 0.15) is 44.1 Å². The van der Waals surface area contributed by atoms with Crippen LogP contribution < -0.4 is 4.90 Å². The number of aliphatic hydroxyl groups is 1. The molecule has 3 fully saturated rings. The van der Waals surface area contributed by atoms with Crippen LogP contribution in [-0.2, 0) is 11.3 Å². The molecular formula is C20H30N2O2. The fourth-order valence-electron chi connectivity index (χ4n) is 4.52. The van der Waals surface area contributed by atoms with E-state index in [9.17, 15) is 5.11 Å². The Labute approximate surface area is 145 Å². The molecule has 1 aromatic rings. The van der Waals surface area contributed by atoms with E-state index in [1.54, 1.807) is 0 Å². The third kappa shape index (κ3) is 3.32. The summed E-state index contributed by atoms with van der Waals surface area (Å²) in [6.07, 6.45) is 6.19. The zero-order chi connectivity index (χ0) is 16.4. The van der Waals surface area contributed by atoms with E-state index in [2.05, 4.69) is 34.1 Å². The van der Waals surface area contributed by atoms with E-state index in [1.807, 2.05) is 0 Å². The Hall–Kier alpha value is -1.10. The number of rotatable bonds is 3. The Bertz CT molecular complexity index is 531. The van der Waals surface area contributed by atoms with Gasteiger partial charge in [-0.05, 0) is 56.2 Å². The van der Waals surface area contributed by atoms with Crippen molar-refractivity contribution in [2.45, 2.75) is 56.8 Å². The van der Waals surface area contributed by atoms with Gasteiger partial charge in [0, 0.05) is 45.0 Å². The van der Waals surface area contributed by atoms with E-state index in [0.717, 1.165) is 51.9 Å². The second kappa shape index (κ2) is 7.03. The average molecular weight is 330 g/mol. The van der Waals surface area contributed by atoms with Gasteiger partial charge in [0.2, 0.25) is 0 Å². The second-order valence-corrected chi connectivity index (χ2v) is 7.71. The van der Waals surface area contributed by atoms with Gasteiger partial charge in [0.05, 0.1) is 11.7 Å². The maximum absolute atomic E-state index is 10.3. The van der Waals surface area contributed by atoms with Gasteiger partial charge in [-0.25, -0.2) is 0 Å². The predicted molar refractivity (Wildman–Crippen MR) is 96.3 cm³/mol. The standard InChI is InChI=1S/C20H30N2O2/c23-19-4-3-15-24-20(19)9-13-21(14-10-20)16-17-5-7-18(8-6-17)22-11-1-2-12-22/h5-8,19,23H,1-4,9-16H2. The average Bonchev–Trinajstić information content (AvgIpc) is 3.15. The number of hydrogen-bond acceptors (Lipinski definition) is 4. The lowest BCUT2D eigenvalue weighted by atomic mass is 9.82. The Kier molecular flexibility index (Phi) is 4.79. The fourth-order valence-corrected chi connectivity index (χ4v) is 4.52. The van der Waals surface area contributed by atoms with E-state index in [-0.39, 0.29) is 11.7 Å². The molecule has 0 bridgehead atoms. The molecule has 0 aliphatic carbocycles. The quantitative estimate of drug-likeness (QED) is 0.924. The Morgan fingerprint density at radius 2 is 1.71 bits per heavy atom. The summed E-state index contributed by atoms with van der Waals surface area (Å²) in [6.45, 7) is 6.27. The lowest BCUT2D eigenvalue weighted by Gasteiger charge is -2.46. The molecule has 3 heterocycles. The van der Waals surface area contributed by atoms with Gasteiger partial charge in [-0.3, -0.25) is 4.90 Å². The van der Waals surface area contributed by atoms with Crippen molar-refractivity contribution in [2.24, 2.45) is 0 Å². The van der Waals surface area contributed by atoms with Gasteiger partial charge in [-0.2, -0.15) is 0 Å². The Morgan fingerprint density at radius 1 is 1.00 bits per heavy atom. The van der Waals surface area contributed by atoms with Gasteiger partial charge >= 0.3 is 0 Å². The van der Waals surface area contributed by atoms with Crippen molar-refractivity contribution >= 4 is 5.69 Å². The largest absolute Gasteiger partial charge is 0.390 e. The number of hydrogen-bond donors (Lipinski definition) is 1. The first-order valence-corrected chi connectivity index (χ1v) is 9.63. The molecular weight excluding hydrogens is 300 g/mol. The lowest BCUT2D eigenvalue weighted by molar-refractivity contribution is -0.177. The van der Waals surface area contributed by atoms with E-state index >= 15 is 0 Å². The smallest absolute Gasteiger partial charge is 0.0964 e. The van der Waals surface area contributed by atoms with E-state index in [4.69, 9.17) is 4.74 Å². The van der Waals surface area contributed by atoms with Crippen LogP contribution in [0.3, 0.4) is 0 Å². The highest BCUT2D eigenvalue weighted by Gasteiger charge is 2.43. The van der Waals surface area contributed by atoms with Crippen molar-refractivity contribution in [3.8, 4) is 0 Å². The number of piperidine rings is 1. The second-order valence-electron chi connectivity index (χ2n) is 7.71. The van der Waals surface area contributed by atoms with Crippen molar-refractivity contribution in [3.63, 3.8) is 0 Å². The van der Waals surface area contributed by atoms with Gasteiger partial charge < -0.3 is 14.7 Å². The monoisotopic (exact) mass is 330 g/mol. The maximum Gasteiger partial charge on any atom is 0.0964 e. The summed E-state index contributed by atoms with van der Waals surface area (Å²) in [6, 6.07) is 9.12. The molecule has 0 radical (unpaired) electrons. The number of aliphatic hydroxyl groups excluding tert-OH is 1. The third-order valence-electron chi connectivity index (χ3n) is 6.13. The van der Waals surface area contributed by atoms with Gasteiger partial charge in [0.25, 0.3) is 0 Å². The van der Waals surface area contributed by atoms with Crippen molar-refractivity contribution in [1.82, 2.24) is 4.90 Å². The highest BCUT2D eigenvalue weighted by Crippen LogP contribution is 2.35. The highest BCUT2D eigenvalue weighted by atomic mass is 16.5. The molecule has 4 rings (SSSR count). The van der Waals surface area contributed by atoms with Gasteiger partial charge in [0.1, 0.15) is 0 Å². The van der Waals surface area contributed by atoms with Crippen molar-refractivity contribution in [1.29, 1.82) is 0 Å². The minimum atomic E-state index is -0.270. The molecule has 0 saturated carbocycles. The van der Waals surface area contributed by atoms with Crippen LogP contribution in [0.2, 0.25) is 0 Å². The van der Waals surface area contributed by atoms with E-state index < -0.39 is 0 Å². The summed E-state index contributed by atoms with van der Waals surface area (Å²) in [5.74, 6) is 0.